The summed E-state index contributed by atoms with van der Waals surface area (Å²) in [5.41, 5.74) is 0.197. The summed E-state index contributed by atoms with van der Waals surface area (Å²) in [6.45, 7) is 0.853. The fourth-order valence-corrected chi connectivity index (χ4v) is 5.42. The van der Waals surface area contributed by atoms with Gasteiger partial charge < -0.3 is 9.64 Å². The third kappa shape index (κ3) is 2.07. The first kappa shape index (κ1) is 16.0. The zero-order valence-corrected chi connectivity index (χ0v) is 14.6. The van der Waals surface area contributed by atoms with Gasteiger partial charge in [0.2, 0.25) is 5.91 Å². The van der Waals surface area contributed by atoms with Gasteiger partial charge in [-0.3, -0.25) is 4.79 Å². The van der Waals surface area contributed by atoms with Crippen molar-refractivity contribution >= 4 is 16.1 Å². The lowest BCUT2D eigenvalue weighted by molar-refractivity contribution is -0.138. The van der Waals surface area contributed by atoms with Crippen molar-refractivity contribution in [1.29, 1.82) is 0 Å². The molecule has 0 unspecified atom stereocenters. The second-order valence-electron chi connectivity index (χ2n) is 6.74. The summed E-state index contributed by atoms with van der Waals surface area (Å²) in [7, 11) is -0.550. The third-order valence-corrected chi connectivity index (χ3v) is 7.26. The van der Waals surface area contributed by atoms with Gasteiger partial charge in [0.1, 0.15) is 6.10 Å². The number of hydrogen-bond acceptors (Lipinski definition) is 4. The number of hydrogen-bond donors (Lipinski definition) is 0. The minimum absolute atomic E-state index is 0.0305. The lowest BCUT2D eigenvalue weighted by Crippen LogP contribution is -2.50. The van der Waals surface area contributed by atoms with E-state index in [1.165, 1.54) is 22.7 Å². The molecule has 1 amide bonds. The van der Waals surface area contributed by atoms with Crippen LogP contribution < -0.4 is 0 Å². The first-order valence-corrected chi connectivity index (χ1v) is 9.48. The van der Waals surface area contributed by atoms with Crippen molar-refractivity contribution in [2.75, 3.05) is 27.2 Å². The zero-order chi connectivity index (χ0) is 17.1. The van der Waals surface area contributed by atoms with Crippen LogP contribution in [0.25, 0.3) is 0 Å². The number of nitrogens with zero attached hydrogens (tertiary/aromatic N) is 3. The maximum Gasteiger partial charge on any atom is 0.281 e. The molecule has 0 saturated carbocycles. The van der Waals surface area contributed by atoms with Crippen molar-refractivity contribution in [2.45, 2.75) is 30.7 Å². The van der Waals surface area contributed by atoms with Crippen LogP contribution in [0.5, 0.6) is 0 Å². The molecule has 0 N–H and O–H groups in total. The number of rotatable bonds is 3. The Hall–Kier alpha value is -1.48. The smallest absolute Gasteiger partial charge is 0.281 e. The minimum atomic E-state index is -3.57. The Morgan fingerprint density at radius 2 is 1.96 bits per heavy atom. The van der Waals surface area contributed by atoms with Gasteiger partial charge in [-0.25, -0.2) is 0 Å². The molecular formula is C16H21N3O4S. The van der Waals surface area contributed by atoms with Crippen LogP contribution >= 0.6 is 0 Å². The number of carbonyl (C=O) groups excluding carboxylic acids is 1. The molecule has 130 valence electrons. The van der Waals surface area contributed by atoms with Crippen LogP contribution in [0.2, 0.25) is 0 Å². The highest BCUT2D eigenvalue weighted by Crippen LogP contribution is 2.51. The average Bonchev–Trinajstić information content (AvgIpc) is 3.17. The van der Waals surface area contributed by atoms with Crippen LogP contribution in [0.15, 0.2) is 30.3 Å². The summed E-state index contributed by atoms with van der Waals surface area (Å²) < 4.78 is 34.1. The molecule has 0 aliphatic carbocycles. The van der Waals surface area contributed by atoms with Crippen LogP contribution in [0, 0.1) is 0 Å². The van der Waals surface area contributed by atoms with E-state index < -0.39 is 22.0 Å². The molecule has 3 atom stereocenters. The topological polar surface area (TPSA) is 70.2 Å². The number of benzene rings is 1. The highest BCUT2D eigenvalue weighted by atomic mass is 32.2. The Morgan fingerprint density at radius 1 is 1.25 bits per heavy atom. The van der Waals surface area contributed by atoms with E-state index in [4.69, 9.17) is 4.74 Å². The predicted molar refractivity (Wildman–Crippen MR) is 87.0 cm³/mol. The summed E-state index contributed by atoms with van der Waals surface area (Å²) in [6.07, 6.45) is 0.494. The summed E-state index contributed by atoms with van der Waals surface area (Å²) in [5, 5.41) is 0. The van der Waals surface area contributed by atoms with E-state index in [1.807, 2.05) is 30.3 Å². The van der Waals surface area contributed by atoms with Crippen molar-refractivity contribution < 1.29 is 17.9 Å². The normalized spacial score (nSPS) is 33.3. The fourth-order valence-electron chi connectivity index (χ4n) is 4.11. The molecule has 24 heavy (non-hydrogen) atoms. The number of ether oxygens (including phenoxy) is 1. The van der Waals surface area contributed by atoms with Crippen LogP contribution in [0.4, 0.5) is 0 Å². The van der Waals surface area contributed by atoms with Crippen LogP contribution in [0.1, 0.15) is 24.5 Å². The first-order chi connectivity index (χ1) is 11.4. The van der Waals surface area contributed by atoms with E-state index in [0.717, 1.165) is 5.56 Å². The van der Waals surface area contributed by atoms with Gasteiger partial charge in [-0.05, 0) is 5.56 Å². The Balaban J connectivity index is 1.68. The molecule has 1 spiro atoms. The minimum Gasteiger partial charge on any atom is -0.344 e. The Labute approximate surface area is 142 Å². The first-order valence-electron chi connectivity index (χ1n) is 8.09. The number of carbonyl (C=O) groups is 1. The van der Waals surface area contributed by atoms with Gasteiger partial charge in [-0.1, -0.05) is 30.3 Å². The van der Waals surface area contributed by atoms with Crippen molar-refractivity contribution in [3.05, 3.63) is 35.9 Å². The Morgan fingerprint density at radius 3 is 2.62 bits per heavy atom. The summed E-state index contributed by atoms with van der Waals surface area (Å²) in [6, 6.07) is 9.32. The van der Waals surface area contributed by atoms with E-state index in [0.29, 0.717) is 19.5 Å². The maximum atomic E-state index is 12.6. The SMILES string of the molecule is CN(C)S(=O)(=O)N1CC[C@@]23O[C@@H](c4ccccc4)CN2C(=O)C[C@@H]13. The Bertz CT molecular complexity index is 767. The monoisotopic (exact) mass is 351 g/mol. The third-order valence-electron chi connectivity index (χ3n) is 5.31. The summed E-state index contributed by atoms with van der Waals surface area (Å²) in [5.74, 6) is -0.0305. The molecule has 3 fully saturated rings. The maximum absolute atomic E-state index is 12.6. The van der Waals surface area contributed by atoms with Crippen LogP contribution in [-0.4, -0.2) is 66.8 Å². The predicted octanol–water partition coefficient (Wildman–Crippen LogP) is 0.567. The van der Waals surface area contributed by atoms with Gasteiger partial charge in [0.15, 0.2) is 5.72 Å². The molecular weight excluding hydrogens is 330 g/mol. The zero-order valence-electron chi connectivity index (χ0n) is 13.8. The van der Waals surface area contributed by atoms with E-state index in [1.54, 1.807) is 4.90 Å². The quantitative estimate of drug-likeness (QED) is 0.798. The van der Waals surface area contributed by atoms with Gasteiger partial charge in [-0.15, -0.1) is 0 Å². The molecule has 3 aliphatic rings. The molecule has 1 aromatic carbocycles. The van der Waals surface area contributed by atoms with Crippen molar-refractivity contribution in [3.8, 4) is 0 Å². The molecule has 3 aliphatic heterocycles. The summed E-state index contributed by atoms with van der Waals surface area (Å²) in [4.78, 5) is 14.2. The molecule has 0 radical (unpaired) electrons. The second-order valence-corrected chi connectivity index (χ2v) is 8.83. The van der Waals surface area contributed by atoms with E-state index in [9.17, 15) is 13.2 Å². The van der Waals surface area contributed by atoms with Gasteiger partial charge in [0.05, 0.1) is 12.6 Å². The summed E-state index contributed by atoms with van der Waals surface area (Å²) >= 11 is 0. The van der Waals surface area contributed by atoms with E-state index in [-0.39, 0.29) is 18.4 Å². The molecule has 8 heteroatoms. The second kappa shape index (κ2) is 5.26. The largest absolute Gasteiger partial charge is 0.344 e. The average molecular weight is 351 g/mol. The molecule has 3 heterocycles. The van der Waals surface area contributed by atoms with Gasteiger partial charge in [0.25, 0.3) is 10.2 Å². The Kier molecular flexibility index (Phi) is 3.51. The van der Waals surface area contributed by atoms with Crippen molar-refractivity contribution in [3.63, 3.8) is 0 Å². The molecule has 3 saturated heterocycles. The van der Waals surface area contributed by atoms with E-state index >= 15 is 0 Å². The number of amides is 1. The van der Waals surface area contributed by atoms with Gasteiger partial charge in [0, 0.05) is 33.5 Å². The van der Waals surface area contributed by atoms with E-state index in [2.05, 4.69) is 0 Å². The molecule has 7 nitrogen and oxygen atoms in total. The lowest BCUT2D eigenvalue weighted by Gasteiger charge is -2.32. The standard InChI is InChI=1S/C16H21N3O4S/c1-17(2)24(21,22)19-9-8-16-14(19)10-15(20)18(16)11-13(23-16)12-6-4-3-5-7-12/h3-7,13-14H,8-11H2,1-2H3/t13-,14-,16+/m1/s1. The fraction of sp³-hybridized carbons (Fsp3) is 0.562. The van der Waals surface area contributed by atoms with Crippen molar-refractivity contribution in [2.24, 2.45) is 0 Å². The molecule has 0 bridgehead atoms. The van der Waals surface area contributed by atoms with Crippen molar-refractivity contribution in [1.82, 2.24) is 13.5 Å². The highest BCUT2D eigenvalue weighted by Gasteiger charge is 2.66. The molecule has 0 aromatic heterocycles. The lowest BCUT2D eigenvalue weighted by atomic mass is 10.1. The highest BCUT2D eigenvalue weighted by molar-refractivity contribution is 7.86. The molecule has 1 aromatic rings. The van der Waals surface area contributed by atoms with Gasteiger partial charge >= 0.3 is 0 Å². The van der Waals surface area contributed by atoms with Crippen LogP contribution in [0.3, 0.4) is 0 Å². The molecule has 4 rings (SSSR count). The van der Waals surface area contributed by atoms with Crippen LogP contribution in [-0.2, 0) is 19.7 Å². The van der Waals surface area contributed by atoms with Gasteiger partial charge in [-0.2, -0.15) is 17.0 Å².